The first-order chi connectivity index (χ1) is 7.13. The maximum Gasteiger partial charge on any atom is 0.126 e. The first-order valence-electron chi connectivity index (χ1n) is 5.85. The van der Waals surface area contributed by atoms with Gasteiger partial charge >= 0.3 is 0 Å². The van der Waals surface area contributed by atoms with Crippen LogP contribution in [0.2, 0.25) is 0 Å². The van der Waals surface area contributed by atoms with E-state index in [1.807, 2.05) is 0 Å². The van der Waals surface area contributed by atoms with E-state index in [1.165, 1.54) is 24.8 Å². The van der Waals surface area contributed by atoms with Crippen molar-refractivity contribution in [3.63, 3.8) is 0 Å². The second kappa shape index (κ2) is 4.21. The molecule has 0 aliphatic heterocycles. The van der Waals surface area contributed by atoms with Crippen molar-refractivity contribution in [1.82, 2.24) is 4.98 Å². The van der Waals surface area contributed by atoms with Crippen LogP contribution in [0.25, 0.3) is 0 Å². The average molecular weight is 204 g/mol. The summed E-state index contributed by atoms with van der Waals surface area (Å²) < 4.78 is 0. The van der Waals surface area contributed by atoms with Gasteiger partial charge in [0.1, 0.15) is 5.82 Å². The van der Waals surface area contributed by atoms with Gasteiger partial charge in [-0.05, 0) is 56.7 Å². The van der Waals surface area contributed by atoms with Crippen LogP contribution in [0.4, 0.5) is 5.82 Å². The average Bonchev–Trinajstić information content (AvgIpc) is 2.49. The molecule has 0 radical (unpaired) electrons. The van der Waals surface area contributed by atoms with Gasteiger partial charge in [0.25, 0.3) is 0 Å². The molecule has 2 unspecified atom stereocenters. The summed E-state index contributed by atoms with van der Waals surface area (Å²) in [7, 11) is 0. The smallest absolute Gasteiger partial charge is 0.126 e. The van der Waals surface area contributed by atoms with Crippen molar-refractivity contribution < 1.29 is 0 Å². The van der Waals surface area contributed by atoms with Gasteiger partial charge < -0.3 is 5.32 Å². The van der Waals surface area contributed by atoms with Gasteiger partial charge in [-0.25, -0.2) is 4.98 Å². The van der Waals surface area contributed by atoms with Crippen LogP contribution in [0.3, 0.4) is 0 Å². The molecule has 1 aliphatic carbocycles. The Morgan fingerprint density at radius 1 is 1.27 bits per heavy atom. The lowest BCUT2D eigenvalue weighted by Crippen LogP contribution is -2.16. The lowest BCUT2D eigenvalue weighted by molar-refractivity contribution is 0.602. The quantitative estimate of drug-likeness (QED) is 0.799. The number of anilines is 1. The summed E-state index contributed by atoms with van der Waals surface area (Å²) in [6, 6.07) is 4.88. The molecular formula is C13H20N2. The number of aryl methyl sites for hydroxylation is 2. The summed E-state index contributed by atoms with van der Waals surface area (Å²) in [5.41, 5.74) is 2.39. The molecule has 2 heteroatoms. The maximum atomic E-state index is 4.51. The fourth-order valence-electron chi connectivity index (χ4n) is 2.46. The molecule has 1 saturated carbocycles. The summed E-state index contributed by atoms with van der Waals surface area (Å²) in [4.78, 5) is 4.51. The monoisotopic (exact) mass is 204 g/mol. The molecule has 2 atom stereocenters. The number of hydrogen-bond donors (Lipinski definition) is 1. The van der Waals surface area contributed by atoms with Gasteiger partial charge in [0.05, 0.1) is 0 Å². The fraction of sp³-hybridized carbons (Fsp3) is 0.615. The molecule has 0 amide bonds. The first-order valence-corrected chi connectivity index (χ1v) is 5.85. The predicted octanol–water partition coefficient (Wildman–Crippen LogP) is 3.30. The molecule has 15 heavy (non-hydrogen) atoms. The molecule has 2 nitrogen and oxygen atoms in total. The number of rotatable bonds is 2. The molecule has 1 N–H and O–H groups in total. The van der Waals surface area contributed by atoms with Gasteiger partial charge in [-0.2, -0.15) is 0 Å². The molecule has 1 aromatic heterocycles. The normalized spacial score (nSPS) is 25.5. The summed E-state index contributed by atoms with van der Waals surface area (Å²) in [6.07, 6.45) is 3.92. The summed E-state index contributed by atoms with van der Waals surface area (Å²) in [5, 5.41) is 3.54. The Hall–Kier alpha value is -1.05. The minimum atomic E-state index is 0.633. The predicted molar refractivity (Wildman–Crippen MR) is 64.1 cm³/mol. The van der Waals surface area contributed by atoms with E-state index in [-0.39, 0.29) is 0 Å². The lowest BCUT2D eigenvalue weighted by atomic mass is 10.1. The summed E-state index contributed by atoms with van der Waals surface area (Å²) >= 11 is 0. The largest absolute Gasteiger partial charge is 0.367 e. The van der Waals surface area contributed by atoms with Gasteiger partial charge in [0, 0.05) is 11.7 Å². The Kier molecular flexibility index (Phi) is 2.94. The highest BCUT2D eigenvalue weighted by atomic mass is 15.0. The lowest BCUT2D eigenvalue weighted by Gasteiger charge is -2.14. The van der Waals surface area contributed by atoms with E-state index in [2.05, 4.69) is 43.2 Å². The van der Waals surface area contributed by atoms with E-state index in [9.17, 15) is 0 Å². The molecular weight excluding hydrogens is 184 g/mol. The minimum absolute atomic E-state index is 0.633. The van der Waals surface area contributed by atoms with E-state index in [0.29, 0.717) is 6.04 Å². The molecule has 1 fully saturated rings. The third kappa shape index (κ3) is 2.71. The molecule has 82 valence electrons. The van der Waals surface area contributed by atoms with Gasteiger partial charge in [0.2, 0.25) is 0 Å². The molecule has 1 aliphatic rings. The summed E-state index contributed by atoms with van der Waals surface area (Å²) in [5.74, 6) is 1.92. The third-order valence-electron chi connectivity index (χ3n) is 3.14. The Morgan fingerprint density at radius 3 is 2.67 bits per heavy atom. The SMILES string of the molecule is Cc1cc(C)nc(NC2CCC(C)C2)c1. The number of pyridine rings is 1. The van der Waals surface area contributed by atoms with Gasteiger partial charge in [-0.1, -0.05) is 6.92 Å². The molecule has 0 bridgehead atoms. The van der Waals surface area contributed by atoms with Crippen molar-refractivity contribution in [3.8, 4) is 0 Å². The Bertz CT molecular complexity index is 326. The van der Waals surface area contributed by atoms with Crippen molar-refractivity contribution in [2.45, 2.75) is 46.1 Å². The maximum absolute atomic E-state index is 4.51. The van der Waals surface area contributed by atoms with Crippen LogP contribution in [-0.2, 0) is 0 Å². The van der Waals surface area contributed by atoms with Crippen LogP contribution in [-0.4, -0.2) is 11.0 Å². The van der Waals surface area contributed by atoms with Crippen molar-refractivity contribution in [1.29, 1.82) is 0 Å². The molecule has 1 aromatic rings. The molecule has 0 aromatic carbocycles. The number of aromatic nitrogens is 1. The second-order valence-electron chi connectivity index (χ2n) is 4.93. The van der Waals surface area contributed by atoms with E-state index in [1.54, 1.807) is 0 Å². The second-order valence-corrected chi connectivity index (χ2v) is 4.93. The van der Waals surface area contributed by atoms with Crippen LogP contribution in [0.5, 0.6) is 0 Å². The van der Waals surface area contributed by atoms with Crippen molar-refractivity contribution in [2.24, 2.45) is 5.92 Å². The van der Waals surface area contributed by atoms with Gasteiger partial charge in [-0.3, -0.25) is 0 Å². The highest BCUT2D eigenvalue weighted by Crippen LogP contribution is 2.27. The first kappa shape index (κ1) is 10.5. The van der Waals surface area contributed by atoms with E-state index >= 15 is 0 Å². The zero-order valence-corrected chi connectivity index (χ0v) is 9.88. The highest BCUT2D eigenvalue weighted by molar-refractivity contribution is 5.40. The highest BCUT2D eigenvalue weighted by Gasteiger charge is 2.21. The van der Waals surface area contributed by atoms with E-state index < -0.39 is 0 Å². The molecule has 0 spiro atoms. The standard InChI is InChI=1S/C13H20N2/c1-9-4-5-12(7-9)15-13-8-10(2)6-11(3)14-13/h6,8-9,12H,4-5,7H2,1-3H3,(H,14,15). The topological polar surface area (TPSA) is 24.9 Å². The van der Waals surface area contributed by atoms with Crippen molar-refractivity contribution in [2.75, 3.05) is 5.32 Å². The minimum Gasteiger partial charge on any atom is -0.367 e. The van der Waals surface area contributed by atoms with Crippen LogP contribution in [0.1, 0.15) is 37.4 Å². The van der Waals surface area contributed by atoms with Crippen LogP contribution in [0, 0.1) is 19.8 Å². The Morgan fingerprint density at radius 2 is 2.07 bits per heavy atom. The summed E-state index contributed by atoms with van der Waals surface area (Å²) in [6.45, 7) is 6.50. The number of nitrogens with one attached hydrogen (secondary N) is 1. The van der Waals surface area contributed by atoms with Crippen LogP contribution < -0.4 is 5.32 Å². The Labute approximate surface area is 92.1 Å². The molecule has 0 saturated heterocycles. The zero-order valence-electron chi connectivity index (χ0n) is 9.88. The third-order valence-corrected chi connectivity index (χ3v) is 3.14. The van der Waals surface area contributed by atoms with Crippen LogP contribution in [0.15, 0.2) is 12.1 Å². The fourth-order valence-corrected chi connectivity index (χ4v) is 2.46. The van der Waals surface area contributed by atoms with E-state index in [4.69, 9.17) is 0 Å². The van der Waals surface area contributed by atoms with Crippen LogP contribution >= 0.6 is 0 Å². The van der Waals surface area contributed by atoms with Crippen molar-refractivity contribution >= 4 is 5.82 Å². The molecule has 2 rings (SSSR count). The number of nitrogens with zero attached hydrogens (tertiary/aromatic N) is 1. The Balaban J connectivity index is 2.04. The zero-order chi connectivity index (χ0) is 10.8. The van der Waals surface area contributed by atoms with Crippen molar-refractivity contribution in [3.05, 3.63) is 23.4 Å². The van der Waals surface area contributed by atoms with E-state index in [0.717, 1.165) is 17.4 Å². The number of hydrogen-bond acceptors (Lipinski definition) is 2. The van der Waals surface area contributed by atoms with Gasteiger partial charge in [0.15, 0.2) is 0 Å². The molecule has 1 heterocycles. The van der Waals surface area contributed by atoms with Gasteiger partial charge in [-0.15, -0.1) is 0 Å².